The van der Waals surface area contributed by atoms with Crippen LogP contribution in [0.4, 0.5) is 10.5 Å². The molecule has 1 aromatic carbocycles. The molecule has 0 bridgehead atoms. The van der Waals surface area contributed by atoms with E-state index in [-0.39, 0.29) is 30.3 Å². The molecule has 0 aliphatic heterocycles. The lowest BCUT2D eigenvalue weighted by molar-refractivity contribution is -0.126. The summed E-state index contributed by atoms with van der Waals surface area (Å²) < 4.78 is 0. The molecular weight excluding hydrogens is 304 g/mol. The second-order valence-electron chi connectivity index (χ2n) is 5.53. The Kier molecular flexibility index (Phi) is 7.14. The van der Waals surface area contributed by atoms with E-state index in [1.54, 1.807) is 12.1 Å². The predicted octanol–water partition coefficient (Wildman–Crippen LogP) is 1.73. The zero-order valence-electron chi connectivity index (χ0n) is 12.4. The molecule has 1 aliphatic carbocycles. The van der Waals surface area contributed by atoms with E-state index < -0.39 is 6.03 Å². The van der Waals surface area contributed by atoms with E-state index in [0.29, 0.717) is 12.2 Å². The Bertz CT molecular complexity index is 507. The number of nitrogens with one attached hydrogen (secondary N) is 2. The fourth-order valence-electron chi connectivity index (χ4n) is 2.65. The summed E-state index contributed by atoms with van der Waals surface area (Å²) in [5, 5.41) is 5.43. The Morgan fingerprint density at radius 1 is 1.18 bits per heavy atom. The first-order chi connectivity index (χ1) is 10.0. The van der Waals surface area contributed by atoms with Gasteiger partial charge in [-0.3, -0.25) is 4.79 Å². The number of rotatable bonds is 4. The van der Waals surface area contributed by atoms with Crippen LogP contribution in [0, 0.1) is 5.92 Å². The standard InChI is InChI=1S/C15H22N4O2.ClH/c16-12-3-1-2-11(8-12)14(20)18-9-10-4-6-13(7-5-10)19-15(17)21;/h4-7,11-12H,1-3,8-9,16H2,(H,18,20)(H3,17,19,21);1H. The van der Waals surface area contributed by atoms with Gasteiger partial charge in [-0.1, -0.05) is 18.6 Å². The Morgan fingerprint density at radius 3 is 2.45 bits per heavy atom. The summed E-state index contributed by atoms with van der Waals surface area (Å²) in [4.78, 5) is 22.8. The van der Waals surface area contributed by atoms with Crippen LogP contribution in [0.2, 0.25) is 0 Å². The quantitative estimate of drug-likeness (QED) is 0.676. The van der Waals surface area contributed by atoms with Crippen LogP contribution in [-0.4, -0.2) is 18.0 Å². The van der Waals surface area contributed by atoms with E-state index in [4.69, 9.17) is 11.5 Å². The summed E-state index contributed by atoms with van der Waals surface area (Å²) >= 11 is 0. The largest absolute Gasteiger partial charge is 0.352 e. The molecule has 2 atom stereocenters. The van der Waals surface area contributed by atoms with Crippen molar-refractivity contribution >= 4 is 30.0 Å². The molecule has 0 heterocycles. The first kappa shape index (κ1) is 18.3. The third-order valence-electron chi connectivity index (χ3n) is 3.77. The van der Waals surface area contributed by atoms with Crippen molar-refractivity contribution in [2.75, 3.05) is 5.32 Å². The van der Waals surface area contributed by atoms with Crippen molar-refractivity contribution in [2.24, 2.45) is 17.4 Å². The summed E-state index contributed by atoms with van der Waals surface area (Å²) in [6, 6.07) is 6.75. The normalized spacial score (nSPS) is 20.6. The Hall–Kier alpha value is -1.79. The molecule has 2 unspecified atom stereocenters. The number of carbonyl (C=O) groups is 2. The molecule has 0 radical (unpaired) electrons. The minimum Gasteiger partial charge on any atom is -0.352 e. The molecule has 22 heavy (non-hydrogen) atoms. The monoisotopic (exact) mass is 326 g/mol. The number of anilines is 1. The predicted molar refractivity (Wildman–Crippen MR) is 88.7 cm³/mol. The van der Waals surface area contributed by atoms with E-state index in [1.807, 2.05) is 12.1 Å². The molecule has 0 saturated heterocycles. The van der Waals surface area contributed by atoms with Gasteiger partial charge in [-0.2, -0.15) is 0 Å². The lowest BCUT2D eigenvalue weighted by Gasteiger charge is -2.25. The van der Waals surface area contributed by atoms with E-state index in [1.165, 1.54) is 0 Å². The van der Waals surface area contributed by atoms with E-state index in [0.717, 1.165) is 31.2 Å². The summed E-state index contributed by atoms with van der Waals surface area (Å²) in [6.45, 7) is 0.474. The van der Waals surface area contributed by atoms with Crippen LogP contribution in [0.3, 0.4) is 0 Å². The highest BCUT2D eigenvalue weighted by atomic mass is 35.5. The Morgan fingerprint density at radius 2 is 1.86 bits per heavy atom. The number of benzene rings is 1. The van der Waals surface area contributed by atoms with Gasteiger partial charge in [0.1, 0.15) is 0 Å². The van der Waals surface area contributed by atoms with E-state index >= 15 is 0 Å². The van der Waals surface area contributed by atoms with Crippen LogP contribution < -0.4 is 22.1 Å². The number of hydrogen-bond acceptors (Lipinski definition) is 3. The summed E-state index contributed by atoms with van der Waals surface area (Å²) in [5.41, 5.74) is 12.5. The van der Waals surface area contributed by atoms with Crippen LogP contribution in [0.25, 0.3) is 0 Å². The van der Waals surface area contributed by atoms with Gasteiger partial charge in [-0.25, -0.2) is 4.79 Å². The summed E-state index contributed by atoms with van der Waals surface area (Å²) in [6.07, 6.45) is 3.72. The summed E-state index contributed by atoms with van der Waals surface area (Å²) in [7, 11) is 0. The first-order valence-electron chi connectivity index (χ1n) is 7.23. The van der Waals surface area contributed by atoms with Gasteiger partial charge in [0.2, 0.25) is 5.91 Å². The Labute approximate surface area is 136 Å². The molecule has 2 rings (SSSR count). The average molecular weight is 327 g/mol. The third-order valence-corrected chi connectivity index (χ3v) is 3.77. The van der Waals surface area contributed by atoms with Gasteiger partial charge in [0.05, 0.1) is 0 Å². The molecule has 122 valence electrons. The van der Waals surface area contributed by atoms with Gasteiger partial charge >= 0.3 is 6.03 Å². The van der Waals surface area contributed by atoms with Crippen molar-refractivity contribution in [1.82, 2.24) is 5.32 Å². The topological polar surface area (TPSA) is 110 Å². The molecule has 7 heteroatoms. The van der Waals surface area contributed by atoms with Crippen molar-refractivity contribution < 1.29 is 9.59 Å². The number of halogens is 1. The molecule has 6 nitrogen and oxygen atoms in total. The number of amides is 3. The lowest BCUT2D eigenvalue weighted by atomic mass is 9.85. The van der Waals surface area contributed by atoms with Gasteiger partial charge in [0.15, 0.2) is 0 Å². The molecule has 0 spiro atoms. The molecule has 1 saturated carbocycles. The van der Waals surface area contributed by atoms with Crippen LogP contribution in [0.15, 0.2) is 24.3 Å². The van der Waals surface area contributed by atoms with Crippen LogP contribution >= 0.6 is 12.4 Å². The smallest absolute Gasteiger partial charge is 0.316 e. The maximum Gasteiger partial charge on any atom is 0.316 e. The lowest BCUT2D eigenvalue weighted by Crippen LogP contribution is -2.37. The van der Waals surface area contributed by atoms with Crippen LogP contribution in [-0.2, 0) is 11.3 Å². The highest BCUT2D eigenvalue weighted by Crippen LogP contribution is 2.23. The molecule has 3 amide bonds. The van der Waals surface area contributed by atoms with Crippen molar-refractivity contribution in [1.29, 1.82) is 0 Å². The van der Waals surface area contributed by atoms with Gasteiger partial charge in [0, 0.05) is 24.2 Å². The maximum absolute atomic E-state index is 12.1. The van der Waals surface area contributed by atoms with Crippen molar-refractivity contribution in [2.45, 2.75) is 38.3 Å². The minimum atomic E-state index is -0.593. The van der Waals surface area contributed by atoms with Crippen molar-refractivity contribution in [3.63, 3.8) is 0 Å². The molecular formula is C15H23ClN4O2. The zero-order chi connectivity index (χ0) is 15.2. The van der Waals surface area contributed by atoms with Gasteiger partial charge in [-0.05, 0) is 37.0 Å². The third kappa shape index (κ3) is 5.54. The fourth-order valence-corrected chi connectivity index (χ4v) is 2.65. The molecule has 6 N–H and O–H groups in total. The van der Waals surface area contributed by atoms with E-state index in [9.17, 15) is 9.59 Å². The second-order valence-corrected chi connectivity index (χ2v) is 5.53. The van der Waals surface area contributed by atoms with Crippen LogP contribution in [0.5, 0.6) is 0 Å². The molecule has 0 aromatic heterocycles. The van der Waals surface area contributed by atoms with Crippen molar-refractivity contribution in [3.8, 4) is 0 Å². The zero-order valence-corrected chi connectivity index (χ0v) is 13.2. The number of nitrogens with two attached hydrogens (primary N) is 2. The molecule has 1 aliphatic rings. The summed E-state index contributed by atoms with van der Waals surface area (Å²) in [5.74, 6) is 0.106. The van der Waals surface area contributed by atoms with E-state index in [2.05, 4.69) is 10.6 Å². The highest BCUT2D eigenvalue weighted by molar-refractivity contribution is 5.87. The SMILES string of the molecule is Cl.NC(=O)Nc1ccc(CNC(=O)C2CCCC(N)C2)cc1. The number of primary amides is 1. The van der Waals surface area contributed by atoms with Crippen molar-refractivity contribution in [3.05, 3.63) is 29.8 Å². The van der Waals surface area contributed by atoms with Gasteiger partial charge < -0.3 is 22.1 Å². The molecule has 1 fully saturated rings. The fraction of sp³-hybridized carbons (Fsp3) is 0.467. The Balaban J connectivity index is 0.00000242. The first-order valence-corrected chi connectivity index (χ1v) is 7.23. The number of carbonyl (C=O) groups excluding carboxylic acids is 2. The second kappa shape index (κ2) is 8.60. The number of urea groups is 1. The highest BCUT2D eigenvalue weighted by Gasteiger charge is 2.24. The van der Waals surface area contributed by atoms with Gasteiger partial charge in [0.25, 0.3) is 0 Å². The van der Waals surface area contributed by atoms with Gasteiger partial charge in [-0.15, -0.1) is 12.4 Å². The average Bonchev–Trinajstić information content (AvgIpc) is 2.45. The molecule has 1 aromatic rings. The maximum atomic E-state index is 12.1. The van der Waals surface area contributed by atoms with Crippen LogP contribution in [0.1, 0.15) is 31.2 Å². The minimum absolute atomic E-state index is 0. The number of hydrogen-bond donors (Lipinski definition) is 4.